The van der Waals surface area contributed by atoms with E-state index in [0.29, 0.717) is 66.3 Å². The molecule has 0 amide bonds. The lowest BCUT2D eigenvalue weighted by Crippen LogP contribution is -2.51. The number of nitrogens with two attached hydrogens (primary N) is 2. The van der Waals surface area contributed by atoms with Crippen molar-refractivity contribution in [3.63, 3.8) is 0 Å². The smallest absolute Gasteiger partial charge is 0.383 e. The molecule has 2 aromatic heterocycles. The molecule has 0 radical (unpaired) electrons. The van der Waals surface area contributed by atoms with Crippen LogP contribution in [0.3, 0.4) is 0 Å². The Balaban J connectivity index is 0.00000266. The van der Waals surface area contributed by atoms with Gasteiger partial charge in [-0.25, -0.2) is 9.97 Å². The molecule has 0 saturated carbocycles. The quantitative estimate of drug-likeness (QED) is 0.174. The average molecular weight is 731 g/mol. The monoisotopic (exact) mass is 730 g/mol. The van der Waals surface area contributed by atoms with Crippen molar-refractivity contribution in [2.45, 2.75) is 52.6 Å². The Morgan fingerprint density at radius 2 is 1.79 bits per heavy atom. The highest BCUT2D eigenvalue weighted by molar-refractivity contribution is 5.98. The second kappa shape index (κ2) is 16.8. The number of piperazine rings is 1. The van der Waals surface area contributed by atoms with Crippen LogP contribution in [0.15, 0.2) is 96.1 Å². The number of amidine groups is 1. The predicted molar refractivity (Wildman–Crippen MR) is 206 cm³/mol. The van der Waals surface area contributed by atoms with Crippen molar-refractivity contribution < 1.29 is 13.2 Å². The first-order valence-electron chi connectivity index (χ1n) is 17.8. The van der Waals surface area contributed by atoms with E-state index in [1.165, 1.54) is 30.7 Å². The average Bonchev–Trinajstić information content (AvgIpc) is 3.16. The third kappa shape index (κ3) is 8.57. The molecule has 12 nitrogen and oxygen atoms in total. The summed E-state index contributed by atoms with van der Waals surface area (Å²) in [5.74, 6) is 1.06. The summed E-state index contributed by atoms with van der Waals surface area (Å²) >= 11 is 0. The number of hydrogen-bond acceptors (Lipinski definition) is 12. The fourth-order valence-electron chi connectivity index (χ4n) is 6.59. The van der Waals surface area contributed by atoms with Gasteiger partial charge in [-0.3, -0.25) is 20.8 Å². The Kier molecular flexibility index (Phi) is 12.3. The lowest BCUT2D eigenvalue weighted by molar-refractivity contribution is -0.136. The number of aromatic nitrogens is 3. The number of nitrogens with one attached hydrogen (secondary N) is 3. The van der Waals surface area contributed by atoms with Crippen LogP contribution in [0.4, 0.5) is 24.7 Å². The zero-order chi connectivity index (χ0) is 38.3. The molecular weight excluding hydrogens is 681 g/mol. The molecule has 1 aliphatic carbocycles. The fourth-order valence-corrected chi connectivity index (χ4v) is 6.59. The van der Waals surface area contributed by atoms with Crippen LogP contribution in [0.1, 0.15) is 56.4 Å². The summed E-state index contributed by atoms with van der Waals surface area (Å²) in [5, 5.41) is 9.85. The van der Waals surface area contributed by atoms with Gasteiger partial charge in [-0.05, 0) is 56.4 Å². The first-order valence-corrected chi connectivity index (χ1v) is 17.8. The summed E-state index contributed by atoms with van der Waals surface area (Å²) in [6.45, 7) is 21.9. The van der Waals surface area contributed by atoms with Crippen molar-refractivity contribution in [3.8, 4) is 0 Å². The largest absolute Gasteiger partial charge is 0.417 e. The fraction of sp³-hybridized carbons (Fsp3) is 0.368. The molecular formula is C38H49F3N12. The van der Waals surface area contributed by atoms with Crippen molar-refractivity contribution in [1.29, 1.82) is 0 Å². The van der Waals surface area contributed by atoms with Crippen LogP contribution in [0, 0.1) is 6.92 Å². The number of halogens is 3. The summed E-state index contributed by atoms with van der Waals surface area (Å²) in [6.07, 6.45) is 4.52. The van der Waals surface area contributed by atoms with Crippen LogP contribution in [0.25, 0.3) is 16.6 Å². The highest BCUT2D eigenvalue weighted by atomic mass is 19.4. The van der Waals surface area contributed by atoms with Crippen molar-refractivity contribution in [2.75, 3.05) is 50.3 Å². The van der Waals surface area contributed by atoms with Gasteiger partial charge in [0.1, 0.15) is 12.1 Å². The van der Waals surface area contributed by atoms with E-state index in [-0.39, 0.29) is 24.0 Å². The molecule has 0 bridgehead atoms. The molecule has 0 atom stereocenters. The number of fused-ring (bicyclic) bond motifs is 1. The van der Waals surface area contributed by atoms with Crippen LogP contribution in [0.2, 0.25) is 0 Å². The first-order chi connectivity index (χ1) is 25.5. The van der Waals surface area contributed by atoms with Crippen LogP contribution in [-0.4, -0.2) is 74.9 Å². The Hall–Kier alpha value is -5.57. The molecule has 4 heterocycles. The van der Waals surface area contributed by atoms with Gasteiger partial charge in [0.05, 0.1) is 51.8 Å². The molecule has 1 aromatic carbocycles. The van der Waals surface area contributed by atoms with Gasteiger partial charge in [0.15, 0.2) is 5.84 Å². The normalized spacial score (nSPS) is 19.1. The molecule has 3 aliphatic rings. The molecule has 282 valence electrons. The highest BCUT2D eigenvalue weighted by Crippen LogP contribution is 2.37. The number of nitrogen functional groups attached to an aromatic ring is 1. The maximum absolute atomic E-state index is 13.8. The molecule has 7 N–H and O–H groups in total. The van der Waals surface area contributed by atoms with Crippen LogP contribution in [0.5, 0.6) is 0 Å². The molecule has 2 aliphatic heterocycles. The van der Waals surface area contributed by atoms with E-state index in [1.807, 2.05) is 25.8 Å². The van der Waals surface area contributed by atoms with Crippen molar-refractivity contribution in [3.05, 3.63) is 108 Å². The minimum Gasteiger partial charge on any atom is -0.383 e. The minimum absolute atomic E-state index is 0.000652. The third-order valence-electron chi connectivity index (χ3n) is 9.34. The molecule has 0 spiro atoms. The van der Waals surface area contributed by atoms with Gasteiger partial charge >= 0.3 is 6.18 Å². The van der Waals surface area contributed by atoms with Crippen LogP contribution >= 0.6 is 0 Å². The highest BCUT2D eigenvalue weighted by Gasteiger charge is 2.34. The lowest BCUT2D eigenvalue weighted by atomic mass is 9.99. The van der Waals surface area contributed by atoms with E-state index in [2.05, 4.69) is 66.7 Å². The summed E-state index contributed by atoms with van der Waals surface area (Å²) < 4.78 is 41.4. The Bertz CT molecular complexity index is 1940. The zero-order valence-corrected chi connectivity index (χ0v) is 30.7. The Morgan fingerprint density at radius 3 is 2.47 bits per heavy atom. The summed E-state index contributed by atoms with van der Waals surface area (Å²) in [7, 11) is 0. The maximum Gasteiger partial charge on any atom is 0.417 e. The van der Waals surface area contributed by atoms with E-state index in [0.717, 1.165) is 54.3 Å². The van der Waals surface area contributed by atoms with E-state index in [4.69, 9.17) is 16.6 Å². The number of nitrogens with zero attached hydrogens (tertiary/aromatic N) is 7. The third-order valence-corrected chi connectivity index (χ3v) is 9.34. The van der Waals surface area contributed by atoms with Gasteiger partial charge in [0.25, 0.3) is 0 Å². The van der Waals surface area contributed by atoms with Crippen LogP contribution < -0.4 is 27.6 Å². The number of allylic oxidation sites excluding steroid dienone is 1. The van der Waals surface area contributed by atoms with Crippen molar-refractivity contribution in [2.24, 2.45) is 10.8 Å². The lowest BCUT2D eigenvalue weighted by Gasteiger charge is -2.43. The van der Waals surface area contributed by atoms with Gasteiger partial charge in [-0.2, -0.15) is 18.3 Å². The molecule has 1 saturated heterocycles. The predicted octanol–water partition coefficient (Wildman–Crippen LogP) is 6.08. The second-order valence-corrected chi connectivity index (χ2v) is 12.7. The molecule has 3 aromatic rings. The standard InChI is InChI=1S/C36H43F3N12.C2H6/c1-22(45-29-13-12-28(36(37,38)39)27-11-8-14-42-32(27)29)20-51-25(4)33(30(19-40)46-47-35(48-51)26-9-6-5-7-10-26)50-17-15-49(16-18-50)24(3)31-23(2)34(41)44-21-43-31;1-2/h8-9,11-14,21,45-46H,1,3-7,10,15-20,40H2,2H3,(H,47,48)(H2,41,43,44);1-2H3/b33-30+;. The maximum atomic E-state index is 13.8. The van der Waals surface area contributed by atoms with E-state index < -0.39 is 11.7 Å². The number of anilines is 2. The number of hydrogen-bond donors (Lipinski definition) is 5. The molecule has 53 heavy (non-hydrogen) atoms. The number of benzene rings is 1. The molecule has 15 heteroatoms. The Labute approximate surface area is 308 Å². The van der Waals surface area contributed by atoms with E-state index in [1.54, 1.807) is 0 Å². The van der Waals surface area contributed by atoms with Gasteiger partial charge in [-0.1, -0.05) is 45.7 Å². The second-order valence-electron chi connectivity index (χ2n) is 12.7. The minimum atomic E-state index is -4.52. The van der Waals surface area contributed by atoms with Crippen molar-refractivity contribution in [1.82, 2.24) is 40.6 Å². The number of rotatable bonds is 9. The molecule has 6 rings (SSSR count). The Morgan fingerprint density at radius 1 is 1.04 bits per heavy atom. The van der Waals surface area contributed by atoms with E-state index in [9.17, 15) is 13.2 Å². The number of alkyl halides is 3. The van der Waals surface area contributed by atoms with Gasteiger partial charge in [0.2, 0.25) is 0 Å². The first kappa shape index (κ1) is 38.7. The summed E-state index contributed by atoms with van der Waals surface area (Å²) in [5.41, 5.74) is 24.9. The number of hydrazone groups is 1. The SMILES string of the molecule is C=C(CN1N/C(C2=CCCCC2)=N\N/C(CN)=C(/N2CCN(C(=C)c3ncnc(N)c3C)CC2)C1=C)Nc1ccc(C(F)(F)F)c2cccnc12.CC. The topological polar surface area (TPSA) is 149 Å². The molecule has 1 fully saturated rings. The summed E-state index contributed by atoms with van der Waals surface area (Å²) in [4.78, 5) is 17.2. The van der Waals surface area contributed by atoms with Gasteiger partial charge < -0.3 is 26.6 Å². The number of pyridine rings is 1. The summed E-state index contributed by atoms with van der Waals surface area (Å²) in [6, 6.07) is 5.34. The van der Waals surface area contributed by atoms with E-state index >= 15 is 0 Å². The zero-order valence-electron chi connectivity index (χ0n) is 30.7. The molecule has 0 unspecified atom stereocenters. The number of hydrazine groups is 1. The van der Waals surface area contributed by atoms with Gasteiger partial charge in [0, 0.05) is 55.6 Å². The van der Waals surface area contributed by atoms with Crippen molar-refractivity contribution >= 4 is 33.9 Å². The van der Waals surface area contributed by atoms with Gasteiger partial charge in [-0.15, -0.1) is 0 Å². The van der Waals surface area contributed by atoms with Crippen LogP contribution in [-0.2, 0) is 6.18 Å².